The van der Waals surface area contributed by atoms with Crippen molar-refractivity contribution in [2.75, 3.05) is 11.4 Å². The van der Waals surface area contributed by atoms with E-state index in [1.165, 1.54) is 11.6 Å². The van der Waals surface area contributed by atoms with Gasteiger partial charge in [-0.2, -0.15) is 0 Å². The van der Waals surface area contributed by atoms with Gasteiger partial charge in [0, 0.05) is 29.1 Å². The van der Waals surface area contributed by atoms with E-state index in [0.29, 0.717) is 6.54 Å². The summed E-state index contributed by atoms with van der Waals surface area (Å²) >= 11 is 1.62. The maximum absolute atomic E-state index is 13.5. The number of nitrogens with zero attached hydrogens (tertiary/aromatic N) is 2. The lowest BCUT2D eigenvalue weighted by Gasteiger charge is -2.18. The van der Waals surface area contributed by atoms with E-state index in [0.717, 1.165) is 34.4 Å². The first kappa shape index (κ1) is 14.5. The third-order valence-electron chi connectivity index (χ3n) is 3.76. The maximum atomic E-state index is 13.5. The number of rotatable bonds is 2. The molecule has 3 rings (SSSR count). The fourth-order valence-electron chi connectivity index (χ4n) is 2.73. The molecule has 0 fully saturated rings. The largest absolute Gasteiger partial charge is 0.326 e. The van der Waals surface area contributed by atoms with Gasteiger partial charge in [-0.15, -0.1) is 0 Å². The highest BCUT2D eigenvalue weighted by Gasteiger charge is 2.28. The van der Waals surface area contributed by atoms with Crippen LogP contribution in [0.15, 0.2) is 18.2 Å². The van der Waals surface area contributed by atoms with Crippen molar-refractivity contribution in [3.63, 3.8) is 0 Å². The summed E-state index contributed by atoms with van der Waals surface area (Å²) in [6.07, 6.45) is 0.929. The zero-order chi connectivity index (χ0) is 15.2. The molecule has 0 bridgehead atoms. The zero-order valence-corrected chi connectivity index (χ0v) is 13.4. The van der Waals surface area contributed by atoms with Gasteiger partial charge in [-0.25, -0.2) is 9.37 Å². The van der Waals surface area contributed by atoms with Crippen LogP contribution in [0.2, 0.25) is 0 Å². The Labute approximate surface area is 128 Å². The molecule has 21 heavy (non-hydrogen) atoms. The highest BCUT2D eigenvalue weighted by molar-refractivity contribution is 7.15. The average Bonchev–Trinajstić information content (AvgIpc) is 3.00. The number of benzene rings is 1. The molecule has 0 saturated heterocycles. The molecule has 1 aliphatic rings. The molecule has 0 aliphatic carbocycles. The average molecular weight is 305 g/mol. The SMILES string of the molecule is CC(C)(C)c1nc(N2CCc3ccc(F)cc32)sc1CN. The number of anilines is 2. The van der Waals surface area contributed by atoms with Crippen molar-refractivity contribution in [2.24, 2.45) is 5.73 Å². The van der Waals surface area contributed by atoms with E-state index in [9.17, 15) is 4.39 Å². The third-order valence-corrected chi connectivity index (χ3v) is 4.86. The van der Waals surface area contributed by atoms with Crippen LogP contribution in [0, 0.1) is 5.82 Å². The summed E-state index contributed by atoms with van der Waals surface area (Å²) in [6, 6.07) is 4.99. The smallest absolute Gasteiger partial charge is 0.190 e. The van der Waals surface area contributed by atoms with E-state index < -0.39 is 0 Å². The van der Waals surface area contributed by atoms with E-state index in [-0.39, 0.29) is 11.2 Å². The lowest BCUT2D eigenvalue weighted by atomic mass is 9.91. The van der Waals surface area contributed by atoms with Gasteiger partial charge >= 0.3 is 0 Å². The summed E-state index contributed by atoms with van der Waals surface area (Å²) in [5, 5.41) is 0.921. The minimum absolute atomic E-state index is 0.0338. The summed E-state index contributed by atoms with van der Waals surface area (Å²) in [4.78, 5) is 8.03. The lowest BCUT2D eigenvalue weighted by molar-refractivity contribution is 0.566. The van der Waals surface area contributed by atoms with Crippen LogP contribution in [0.5, 0.6) is 0 Å². The van der Waals surface area contributed by atoms with Gasteiger partial charge in [0.05, 0.1) is 5.69 Å². The van der Waals surface area contributed by atoms with Gasteiger partial charge in [0.25, 0.3) is 0 Å². The van der Waals surface area contributed by atoms with Crippen molar-refractivity contribution in [3.05, 3.63) is 40.2 Å². The molecule has 3 nitrogen and oxygen atoms in total. The van der Waals surface area contributed by atoms with E-state index in [1.807, 2.05) is 6.07 Å². The van der Waals surface area contributed by atoms with Crippen LogP contribution in [0.1, 0.15) is 36.9 Å². The highest BCUT2D eigenvalue weighted by Crippen LogP contribution is 2.40. The molecule has 112 valence electrons. The quantitative estimate of drug-likeness (QED) is 0.919. The Morgan fingerprint density at radius 1 is 1.38 bits per heavy atom. The summed E-state index contributed by atoms with van der Waals surface area (Å²) in [5.74, 6) is -0.202. The van der Waals surface area contributed by atoms with Crippen molar-refractivity contribution in [1.82, 2.24) is 4.98 Å². The Morgan fingerprint density at radius 3 is 2.76 bits per heavy atom. The van der Waals surface area contributed by atoms with Gasteiger partial charge in [-0.1, -0.05) is 38.2 Å². The van der Waals surface area contributed by atoms with Gasteiger partial charge in [-0.05, 0) is 24.1 Å². The standard InChI is InChI=1S/C16H20FN3S/c1-16(2,3)14-13(9-18)21-15(19-14)20-7-6-10-4-5-11(17)8-12(10)20/h4-5,8H,6-7,9,18H2,1-3H3. The molecular weight excluding hydrogens is 285 g/mol. The molecule has 2 aromatic rings. The van der Waals surface area contributed by atoms with Crippen LogP contribution in [-0.4, -0.2) is 11.5 Å². The number of hydrogen-bond donors (Lipinski definition) is 1. The van der Waals surface area contributed by atoms with Gasteiger partial charge in [0.2, 0.25) is 0 Å². The zero-order valence-electron chi connectivity index (χ0n) is 12.6. The van der Waals surface area contributed by atoms with Gasteiger partial charge < -0.3 is 10.6 Å². The first-order chi connectivity index (χ1) is 9.90. The van der Waals surface area contributed by atoms with Crippen molar-refractivity contribution in [1.29, 1.82) is 0 Å². The summed E-state index contributed by atoms with van der Waals surface area (Å²) < 4.78 is 13.5. The highest BCUT2D eigenvalue weighted by atomic mass is 32.1. The fraction of sp³-hybridized carbons (Fsp3) is 0.438. The van der Waals surface area contributed by atoms with Gasteiger partial charge in [0.1, 0.15) is 5.82 Å². The summed E-state index contributed by atoms with van der Waals surface area (Å²) in [7, 11) is 0. The molecule has 0 atom stereocenters. The van der Waals surface area contributed by atoms with Crippen LogP contribution in [0.3, 0.4) is 0 Å². The number of halogens is 1. The van der Waals surface area contributed by atoms with Crippen LogP contribution in [-0.2, 0) is 18.4 Å². The molecule has 1 aromatic carbocycles. The van der Waals surface area contributed by atoms with Crippen LogP contribution in [0.4, 0.5) is 15.2 Å². The third kappa shape index (κ3) is 2.56. The molecule has 0 unspecified atom stereocenters. The molecule has 2 N–H and O–H groups in total. The summed E-state index contributed by atoms with van der Waals surface area (Å²) in [5.41, 5.74) is 9.00. The Bertz CT molecular complexity index is 673. The topological polar surface area (TPSA) is 42.2 Å². The van der Waals surface area contributed by atoms with Crippen molar-refractivity contribution in [3.8, 4) is 0 Å². The molecule has 5 heteroatoms. The van der Waals surface area contributed by atoms with Gasteiger partial charge in [0.15, 0.2) is 5.13 Å². The predicted octanol–water partition coefficient (Wildman–Crippen LogP) is 3.73. The second-order valence-electron chi connectivity index (χ2n) is 6.40. The minimum atomic E-state index is -0.202. The first-order valence-corrected chi connectivity index (χ1v) is 7.98. The molecule has 1 aliphatic heterocycles. The number of hydrogen-bond acceptors (Lipinski definition) is 4. The second kappa shape index (κ2) is 5.07. The fourth-order valence-corrected chi connectivity index (χ4v) is 3.92. The molecule has 0 spiro atoms. The normalized spacial score (nSPS) is 14.6. The number of aromatic nitrogens is 1. The Hall–Kier alpha value is -1.46. The molecular formula is C16H20FN3S. The minimum Gasteiger partial charge on any atom is -0.326 e. The molecule has 1 aromatic heterocycles. The monoisotopic (exact) mass is 305 g/mol. The number of thiazole rings is 1. The first-order valence-electron chi connectivity index (χ1n) is 7.16. The van der Waals surface area contributed by atoms with Crippen molar-refractivity contribution >= 4 is 22.2 Å². The van der Waals surface area contributed by atoms with E-state index in [4.69, 9.17) is 10.7 Å². The van der Waals surface area contributed by atoms with Crippen molar-refractivity contribution in [2.45, 2.75) is 39.2 Å². The van der Waals surface area contributed by atoms with Crippen LogP contribution < -0.4 is 10.6 Å². The maximum Gasteiger partial charge on any atom is 0.190 e. The van der Waals surface area contributed by atoms with Crippen molar-refractivity contribution < 1.29 is 4.39 Å². The summed E-state index contributed by atoms with van der Waals surface area (Å²) in [6.45, 7) is 7.77. The predicted molar refractivity (Wildman–Crippen MR) is 85.8 cm³/mol. The second-order valence-corrected chi connectivity index (χ2v) is 7.46. The number of fused-ring (bicyclic) bond motifs is 1. The molecule has 0 saturated carbocycles. The van der Waals surface area contributed by atoms with Gasteiger partial charge in [-0.3, -0.25) is 0 Å². The van der Waals surface area contributed by atoms with E-state index in [2.05, 4.69) is 25.7 Å². The van der Waals surface area contributed by atoms with Crippen LogP contribution >= 0.6 is 11.3 Å². The van der Waals surface area contributed by atoms with E-state index in [1.54, 1.807) is 17.4 Å². The van der Waals surface area contributed by atoms with Crippen LogP contribution in [0.25, 0.3) is 0 Å². The lowest BCUT2D eigenvalue weighted by Crippen LogP contribution is -2.17. The Balaban J connectivity index is 2.04. The molecule has 0 radical (unpaired) electrons. The molecule has 2 heterocycles. The Morgan fingerprint density at radius 2 is 2.14 bits per heavy atom. The molecule has 0 amide bonds. The van der Waals surface area contributed by atoms with E-state index >= 15 is 0 Å². The number of nitrogens with two attached hydrogens (primary N) is 1. The Kier molecular flexibility index (Phi) is 3.50.